The molecule has 0 aliphatic carbocycles. The van der Waals surface area contributed by atoms with Crippen molar-refractivity contribution < 1.29 is 9.53 Å². The van der Waals surface area contributed by atoms with Crippen LogP contribution in [-0.4, -0.2) is 46.8 Å². The van der Waals surface area contributed by atoms with E-state index in [1.54, 1.807) is 17.1 Å². The van der Waals surface area contributed by atoms with E-state index in [9.17, 15) is 4.79 Å². The number of hydrogen-bond donors (Lipinski definition) is 0. The van der Waals surface area contributed by atoms with E-state index < -0.39 is 0 Å². The quantitative estimate of drug-likeness (QED) is 0.700. The molecule has 6 nitrogen and oxygen atoms in total. The van der Waals surface area contributed by atoms with E-state index >= 15 is 0 Å². The van der Waals surface area contributed by atoms with Crippen LogP contribution in [0, 0.1) is 0 Å². The summed E-state index contributed by atoms with van der Waals surface area (Å²) in [4.78, 5) is 16.8. The standard InChI is InChI=1S/C21H22N4O2/c26-21(24-13-11-23(12-14-24)18-7-3-1-4-8-18)17-25-16-20(15-22-25)27-19-9-5-2-6-10-19/h1-10,15-16H,11-14,17H2. The van der Waals surface area contributed by atoms with Crippen LogP contribution < -0.4 is 9.64 Å². The lowest BCUT2D eigenvalue weighted by molar-refractivity contribution is -0.132. The van der Waals surface area contributed by atoms with E-state index in [-0.39, 0.29) is 12.5 Å². The highest BCUT2D eigenvalue weighted by Gasteiger charge is 2.21. The fraction of sp³-hybridized carbons (Fsp3) is 0.238. The zero-order chi connectivity index (χ0) is 18.5. The third-order valence-electron chi connectivity index (χ3n) is 4.64. The molecule has 0 saturated carbocycles. The molecule has 138 valence electrons. The molecule has 1 saturated heterocycles. The van der Waals surface area contributed by atoms with Gasteiger partial charge in [-0.1, -0.05) is 36.4 Å². The van der Waals surface area contributed by atoms with Crippen LogP contribution in [-0.2, 0) is 11.3 Å². The Hall–Kier alpha value is -3.28. The van der Waals surface area contributed by atoms with Gasteiger partial charge in [-0.25, -0.2) is 0 Å². The maximum absolute atomic E-state index is 12.6. The van der Waals surface area contributed by atoms with Gasteiger partial charge < -0.3 is 14.5 Å². The van der Waals surface area contributed by atoms with Gasteiger partial charge >= 0.3 is 0 Å². The van der Waals surface area contributed by atoms with E-state index in [0.717, 1.165) is 31.9 Å². The first-order valence-corrected chi connectivity index (χ1v) is 9.11. The predicted octanol–water partition coefficient (Wildman–Crippen LogP) is 3.02. The number of para-hydroxylation sites is 2. The Labute approximate surface area is 158 Å². The highest BCUT2D eigenvalue weighted by atomic mass is 16.5. The zero-order valence-electron chi connectivity index (χ0n) is 15.1. The second-order valence-electron chi connectivity index (χ2n) is 6.49. The molecule has 1 amide bonds. The second-order valence-corrected chi connectivity index (χ2v) is 6.49. The summed E-state index contributed by atoms with van der Waals surface area (Å²) >= 11 is 0. The largest absolute Gasteiger partial charge is 0.454 e. The third-order valence-corrected chi connectivity index (χ3v) is 4.64. The molecule has 6 heteroatoms. The molecular weight excluding hydrogens is 340 g/mol. The Balaban J connectivity index is 1.30. The molecule has 0 unspecified atom stereocenters. The molecule has 1 aliphatic rings. The highest BCUT2D eigenvalue weighted by Crippen LogP contribution is 2.20. The molecule has 0 bridgehead atoms. The lowest BCUT2D eigenvalue weighted by Crippen LogP contribution is -2.49. The third kappa shape index (κ3) is 4.28. The van der Waals surface area contributed by atoms with Crippen molar-refractivity contribution in [2.45, 2.75) is 6.54 Å². The Morgan fingerprint density at radius 3 is 2.26 bits per heavy atom. The number of ether oxygens (including phenoxy) is 1. The van der Waals surface area contributed by atoms with Crippen molar-refractivity contribution in [3.05, 3.63) is 73.1 Å². The zero-order valence-corrected chi connectivity index (χ0v) is 15.1. The molecule has 0 N–H and O–H groups in total. The van der Waals surface area contributed by atoms with Gasteiger partial charge in [0.2, 0.25) is 5.91 Å². The van der Waals surface area contributed by atoms with Crippen LogP contribution in [0.15, 0.2) is 73.1 Å². The van der Waals surface area contributed by atoms with Gasteiger partial charge in [-0.2, -0.15) is 5.10 Å². The van der Waals surface area contributed by atoms with Crippen LogP contribution >= 0.6 is 0 Å². The summed E-state index contributed by atoms with van der Waals surface area (Å²) in [7, 11) is 0. The molecule has 1 aromatic heterocycles. The summed E-state index contributed by atoms with van der Waals surface area (Å²) in [6, 6.07) is 19.8. The Morgan fingerprint density at radius 2 is 1.56 bits per heavy atom. The normalized spacial score (nSPS) is 14.2. The van der Waals surface area contributed by atoms with E-state index in [0.29, 0.717) is 5.75 Å². The lowest BCUT2D eigenvalue weighted by Gasteiger charge is -2.36. The van der Waals surface area contributed by atoms with Gasteiger partial charge in [0.05, 0.1) is 12.4 Å². The molecule has 2 aromatic carbocycles. The first-order chi connectivity index (χ1) is 13.3. The summed E-state index contributed by atoms with van der Waals surface area (Å²) in [5.74, 6) is 1.46. The van der Waals surface area contributed by atoms with Crippen molar-refractivity contribution in [2.75, 3.05) is 31.1 Å². The number of nitrogens with zero attached hydrogens (tertiary/aromatic N) is 4. The summed E-state index contributed by atoms with van der Waals surface area (Å²) in [5, 5.41) is 4.24. The Bertz CT molecular complexity index is 871. The summed E-state index contributed by atoms with van der Waals surface area (Å²) in [5.41, 5.74) is 1.21. The number of amides is 1. The average Bonchev–Trinajstić information content (AvgIpc) is 3.16. The maximum atomic E-state index is 12.6. The summed E-state index contributed by atoms with van der Waals surface area (Å²) in [6.07, 6.45) is 3.39. The van der Waals surface area contributed by atoms with Gasteiger partial charge in [0.15, 0.2) is 5.75 Å². The van der Waals surface area contributed by atoms with Crippen LogP contribution in [0.5, 0.6) is 11.5 Å². The molecule has 3 aromatic rings. The van der Waals surface area contributed by atoms with Gasteiger partial charge in [-0.15, -0.1) is 0 Å². The van der Waals surface area contributed by atoms with Crippen molar-refractivity contribution in [2.24, 2.45) is 0 Å². The van der Waals surface area contributed by atoms with Gasteiger partial charge in [0.25, 0.3) is 0 Å². The Morgan fingerprint density at radius 1 is 0.889 bits per heavy atom. The van der Waals surface area contributed by atoms with Crippen LogP contribution in [0.2, 0.25) is 0 Å². The number of hydrogen-bond acceptors (Lipinski definition) is 4. The first kappa shape index (κ1) is 17.1. The number of carbonyl (C=O) groups excluding carboxylic acids is 1. The van der Waals surface area contributed by atoms with Crippen LogP contribution in [0.4, 0.5) is 5.69 Å². The van der Waals surface area contributed by atoms with Gasteiger partial charge in [0, 0.05) is 31.9 Å². The minimum atomic E-state index is 0.0806. The number of aromatic nitrogens is 2. The maximum Gasteiger partial charge on any atom is 0.244 e. The molecule has 1 aliphatic heterocycles. The van der Waals surface area contributed by atoms with E-state index in [1.165, 1.54) is 5.69 Å². The predicted molar refractivity (Wildman–Crippen MR) is 104 cm³/mol. The van der Waals surface area contributed by atoms with Crippen LogP contribution in [0.1, 0.15) is 0 Å². The number of carbonyl (C=O) groups is 1. The summed E-state index contributed by atoms with van der Waals surface area (Å²) in [6.45, 7) is 3.36. The van der Waals surface area contributed by atoms with Gasteiger partial charge in [0.1, 0.15) is 12.3 Å². The lowest BCUT2D eigenvalue weighted by atomic mass is 10.2. The van der Waals surface area contributed by atoms with Gasteiger partial charge in [-0.05, 0) is 24.3 Å². The molecule has 27 heavy (non-hydrogen) atoms. The SMILES string of the molecule is O=C(Cn1cc(Oc2ccccc2)cn1)N1CCN(c2ccccc2)CC1. The monoisotopic (exact) mass is 362 g/mol. The first-order valence-electron chi connectivity index (χ1n) is 9.11. The van der Waals surface area contributed by atoms with Gasteiger partial charge in [-0.3, -0.25) is 9.48 Å². The minimum absolute atomic E-state index is 0.0806. The average molecular weight is 362 g/mol. The Kier molecular flexibility index (Phi) is 5.05. The molecule has 0 radical (unpaired) electrons. The van der Waals surface area contributed by atoms with Crippen LogP contribution in [0.25, 0.3) is 0 Å². The van der Waals surface area contributed by atoms with E-state index in [2.05, 4.69) is 22.1 Å². The molecule has 1 fully saturated rings. The molecule has 0 spiro atoms. The highest BCUT2D eigenvalue weighted by molar-refractivity contribution is 5.76. The number of benzene rings is 2. The van der Waals surface area contributed by atoms with E-state index in [1.807, 2.05) is 53.4 Å². The number of rotatable bonds is 5. The molecule has 4 rings (SSSR count). The minimum Gasteiger partial charge on any atom is -0.454 e. The second kappa shape index (κ2) is 7.95. The van der Waals surface area contributed by atoms with Crippen molar-refractivity contribution in [1.29, 1.82) is 0 Å². The molecule has 2 heterocycles. The summed E-state index contributed by atoms with van der Waals surface area (Å²) < 4.78 is 7.36. The number of anilines is 1. The van der Waals surface area contributed by atoms with Crippen molar-refractivity contribution >= 4 is 11.6 Å². The topological polar surface area (TPSA) is 50.6 Å². The fourth-order valence-electron chi connectivity index (χ4n) is 3.20. The molecule has 0 atom stereocenters. The fourth-order valence-corrected chi connectivity index (χ4v) is 3.20. The molecular formula is C21H22N4O2. The van der Waals surface area contributed by atoms with Crippen molar-refractivity contribution in [3.63, 3.8) is 0 Å². The smallest absolute Gasteiger partial charge is 0.244 e. The van der Waals surface area contributed by atoms with Crippen molar-refractivity contribution in [3.8, 4) is 11.5 Å². The number of piperazine rings is 1. The van der Waals surface area contributed by atoms with Crippen molar-refractivity contribution in [1.82, 2.24) is 14.7 Å². The van der Waals surface area contributed by atoms with Crippen LogP contribution in [0.3, 0.4) is 0 Å². The van der Waals surface area contributed by atoms with E-state index in [4.69, 9.17) is 4.74 Å².